The Bertz CT molecular complexity index is 314. The van der Waals surface area contributed by atoms with Crippen molar-refractivity contribution in [3.8, 4) is 0 Å². The molecular weight excluding hydrogens is 170 g/mol. The molecule has 1 heterocycles. The van der Waals surface area contributed by atoms with Crippen LogP contribution in [0.3, 0.4) is 0 Å². The molecule has 0 spiro atoms. The Kier molecular flexibility index (Phi) is 2.92. The van der Waals surface area contributed by atoms with Gasteiger partial charge >= 0.3 is 0 Å². The monoisotopic (exact) mass is 181 g/mol. The molecule has 70 valence electrons. The van der Waals surface area contributed by atoms with Gasteiger partial charge in [0.05, 0.1) is 18.4 Å². The first-order valence-electron chi connectivity index (χ1n) is 3.75. The zero-order valence-electron chi connectivity index (χ0n) is 7.81. The molecular formula is C8H11N3O2. The van der Waals surface area contributed by atoms with Gasteiger partial charge in [0, 0.05) is 13.2 Å². The minimum absolute atomic E-state index is 0.249. The van der Waals surface area contributed by atoms with E-state index in [2.05, 4.69) is 9.97 Å². The van der Waals surface area contributed by atoms with Crippen molar-refractivity contribution >= 4 is 5.91 Å². The molecule has 13 heavy (non-hydrogen) atoms. The SMILES string of the molecule is CON(C)C(=O)c1cncnc1C. The van der Waals surface area contributed by atoms with Gasteiger partial charge in [0.1, 0.15) is 6.33 Å². The topological polar surface area (TPSA) is 55.3 Å². The minimum Gasteiger partial charge on any atom is -0.274 e. The quantitative estimate of drug-likeness (QED) is 0.620. The van der Waals surface area contributed by atoms with E-state index in [1.165, 1.54) is 26.7 Å². The van der Waals surface area contributed by atoms with Crippen molar-refractivity contribution in [3.63, 3.8) is 0 Å². The largest absolute Gasteiger partial charge is 0.280 e. The maximum atomic E-state index is 11.5. The van der Waals surface area contributed by atoms with Crippen LogP contribution in [-0.4, -0.2) is 35.1 Å². The number of hydrogen-bond acceptors (Lipinski definition) is 4. The first-order chi connectivity index (χ1) is 6.16. The third-order valence-corrected chi connectivity index (χ3v) is 1.70. The van der Waals surface area contributed by atoms with E-state index in [1.807, 2.05) is 0 Å². The van der Waals surface area contributed by atoms with E-state index >= 15 is 0 Å². The Balaban J connectivity index is 2.95. The highest BCUT2D eigenvalue weighted by molar-refractivity contribution is 5.93. The molecule has 0 N–H and O–H groups in total. The summed E-state index contributed by atoms with van der Waals surface area (Å²) in [5.74, 6) is -0.249. The lowest BCUT2D eigenvalue weighted by atomic mass is 10.2. The van der Waals surface area contributed by atoms with E-state index in [0.717, 1.165) is 5.06 Å². The lowest BCUT2D eigenvalue weighted by molar-refractivity contribution is -0.0758. The first-order valence-corrected chi connectivity index (χ1v) is 3.75. The first kappa shape index (κ1) is 9.60. The predicted octanol–water partition coefficient (Wildman–Crippen LogP) is 0.418. The molecule has 1 aromatic rings. The summed E-state index contributed by atoms with van der Waals surface area (Å²) in [6.07, 6.45) is 2.87. The highest BCUT2D eigenvalue weighted by Gasteiger charge is 2.14. The lowest BCUT2D eigenvalue weighted by Crippen LogP contribution is -2.26. The van der Waals surface area contributed by atoms with Crippen molar-refractivity contribution in [1.82, 2.24) is 15.0 Å². The molecule has 0 bridgehead atoms. The van der Waals surface area contributed by atoms with Crippen LogP contribution in [-0.2, 0) is 4.84 Å². The fraction of sp³-hybridized carbons (Fsp3) is 0.375. The number of rotatable bonds is 2. The van der Waals surface area contributed by atoms with E-state index in [4.69, 9.17) is 4.84 Å². The molecule has 0 saturated carbocycles. The summed E-state index contributed by atoms with van der Waals surface area (Å²) in [5.41, 5.74) is 1.09. The van der Waals surface area contributed by atoms with Crippen LogP contribution in [0.4, 0.5) is 0 Å². The molecule has 5 heteroatoms. The van der Waals surface area contributed by atoms with Crippen molar-refractivity contribution in [2.24, 2.45) is 0 Å². The molecule has 5 nitrogen and oxygen atoms in total. The van der Waals surface area contributed by atoms with Crippen molar-refractivity contribution in [2.75, 3.05) is 14.2 Å². The summed E-state index contributed by atoms with van der Waals surface area (Å²) < 4.78 is 0. The molecule has 1 rings (SSSR count). The summed E-state index contributed by atoms with van der Waals surface area (Å²) >= 11 is 0. The molecule has 0 fully saturated rings. The van der Waals surface area contributed by atoms with Gasteiger partial charge in [-0.2, -0.15) is 0 Å². The number of carbonyl (C=O) groups is 1. The Morgan fingerprint density at radius 1 is 1.62 bits per heavy atom. The maximum Gasteiger partial charge on any atom is 0.280 e. The lowest BCUT2D eigenvalue weighted by Gasteiger charge is -2.13. The second-order valence-corrected chi connectivity index (χ2v) is 2.51. The molecule has 0 saturated heterocycles. The molecule has 0 aliphatic carbocycles. The van der Waals surface area contributed by atoms with Gasteiger partial charge in [0.2, 0.25) is 0 Å². The van der Waals surface area contributed by atoms with Gasteiger partial charge < -0.3 is 0 Å². The highest BCUT2D eigenvalue weighted by Crippen LogP contribution is 2.04. The van der Waals surface area contributed by atoms with Gasteiger partial charge in [-0.15, -0.1) is 0 Å². The predicted molar refractivity (Wildman–Crippen MR) is 45.9 cm³/mol. The molecule has 0 unspecified atom stereocenters. The highest BCUT2D eigenvalue weighted by atomic mass is 16.7. The number of aryl methyl sites for hydroxylation is 1. The maximum absolute atomic E-state index is 11.5. The van der Waals surface area contributed by atoms with Crippen molar-refractivity contribution in [3.05, 3.63) is 23.8 Å². The number of hydrogen-bond donors (Lipinski definition) is 0. The van der Waals surface area contributed by atoms with Gasteiger partial charge in [-0.3, -0.25) is 9.63 Å². The Morgan fingerprint density at radius 3 is 2.85 bits per heavy atom. The van der Waals surface area contributed by atoms with Crippen molar-refractivity contribution < 1.29 is 9.63 Å². The van der Waals surface area contributed by atoms with Crippen LogP contribution in [0.15, 0.2) is 12.5 Å². The van der Waals surface area contributed by atoms with Gasteiger partial charge in [-0.1, -0.05) is 0 Å². The van der Waals surface area contributed by atoms with Crippen LogP contribution < -0.4 is 0 Å². The minimum atomic E-state index is -0.249. The van der Waals surface area contributed by atoms with E-state index in [1.54, 1.807) is 6.92 Å². The van der Waals surface area contributed by atoms with Crippen LogP contribution in [0.25, 0.3) is 0 Å². The van der Waals surface area contributed by atoms with Gasteiger partial charge in [0.25, 0.3) is 5.91 Å². The molecule has 0 aliphatic rings. The molecule has 0 aromatic carbocycles. The summed E-state index contributed by atoms with van der Waals surface area (Å²) in [6, 6.07) is 0. The second kappa shape index (κ2) is 3.95. The van der Waals surface area contributed by atoms with E-state index in [9.17, 15) is 4.79 Å². The van der Waals surface area contributed by atoms with Crippen LogP contribution in [0.1, 0.15) is 16.1 Å². The van der Waals surface area contributed by atoms with Gasteiger partial charge in [-0.05, 0) is 6.92 Å². The second-order valence-electron chi connectivity index (χ2n) is 2.51. The number of amides is 1. The number of aromatic nitrogens is 2. The number of hydroxylamine groups is 2. The molecule has 1 aromatic heterocycles. The number of nitrogens with zero attached hydrogens (tertiary/aromatic N) is 3. The Hall–Kier alpha value is -1.49. The third kappa shape index (κ3) is 2.00. The van der Waals surface area contributed by atoms with E-state index in [-0.39, 0.29) is 5.91 Å². The standard InChI is InChI=1S/C8H11N3O2/c1-6-7(4-9-5-10-6)8(12)11(2)13-3/h4-5H,1-3H3. The molecule has 0 aliphatic heterocycles. The van der Waals surface area contributed by atoms with Crippen LogP contribution >= 0.6 is 0 Å². The van der Waals surface area contributed by atoms with Crippen molar-refractivity contribution in [1.29, 1.82) is 0 Å². The van der Waals surface area contributed by atoms with Crippen LogP contribution in [0.5, 0.6) is 0 Å². The normalized spacial score (nSPS) is 9.77. The summed E-state index contributed by atoms with van der Waals surface area (Å²) in [6.45, 7) is 1.75. The zero-order chi connectivity index (χ0) is 9.84. The van der Waals surface area contributed by atoms with Crippen LogP contribution in [0.2, 0.25) is 0 Å². The van der Waals surface area contributed by atoms with E-state index < -0.39 is 0 Å². The summed E-state index contributed by atoms with van der Waals surface area (Å²) in [7, 11) is 2.96. The average molecular weight is 181 g/mol. The smallest absolute Gasteiger partial charge is 0.274 e. The van der Waals surface area contributed by atoms with Crippen LogP contribution in [0, 0.1) is 6.92 Å². The van der Waals surface area contributed by atoms with Gasteiger partial charge in [-0.25, -0.2) is 15.0 Å². The summed E-state index contributed by atoms with van der Waals surface area (Å²) in [5, 5.41) is 1.13. The van der Waals surface area contributed by atoms with Gasteiger partial charge in [0.15, 0.2) is 0 Å². The average Bonchev–Trinajstić information content (AvgIpc) is 2.16. The van der Waals surface area contributed by atoms with Crippen molar-refractivity contribution in [2.45, 2.75) is 6.92 Å². The van der Waals surface area contributed by atoms with E-state index in [0.29, 0.717) is 11.3 Å². The third-order valence-electron chi connectivity index (χ3n) is 1.70. The Labute approximate surface area is 76.3 Å². The summed E-state index contributed by atoms with van der Waals surface area (Å²) in [4.78, 5) is 23.9. The zero-order valence-corrected chi connectivity index (χ0v) is 7.81. The molecule has 0 atom stereocenters. The fourth-order valence-electron chi connectivity index (χ4n) is 0.853. The molecule has 1 amide bonds. The Morgan fingerprint density at radius 2 is 2.31 bits per heavy atom. The fourth-order valence-corrected chi connectivity index (χ4v) is 0.853. The number of carbonyl (C=O) groups excluding carboxylic acids is 1. The molecule has 0 radical (unpaired) electrons.